The van der Waals surface area contributed by atoms with Gasteiger partial charge < -0.3 is 15.8 Å². The van der Waals surface area contributed by atoms with Crippen LogP contribution in [0.1, 0.15) is 20.3 Å². The summed E-state index contributed by atoms with van der Waals surface area (Å²) in [7, 11) is 0. The number of carbonyl (C=O) groups is 1. The minimum atomic E-state index is -0.206. The van der Waals surface area contributed by atoms with Crippen molar-refractivity contribution >= 4 is 5.97 Å². The van der Waals surface area contributed by atoms with Crippen LogP contribution in [0.3, 0.4) is 0 Å². The third-order valence-corrected chi connectivity index (χ3v) is 1.35. The van der Waals surface area contributed by atoms with Crippen LogP contribution >= 0.6 is 0 Å². The molecule has 4 heteroatoms. The van der Waals surface area contributed by atoms with Gasteiger partial charge in [-0.25, -0.2) is 0 Å². The van der Waals surface area contributed by atoms with Gasteiger partial charge in [-0.3, -0.25) is 4.79 Å². The summed E-state index contributed by atoms with van der Waals surface area (Å²) in [6, 6.07) is 0.180. The van der Waals surface area contributed by atoms with Crippen molar-refractivity contribution in [3.8, 4) is 0 Å². The molecule has 0 heterocycles. The third-order valence-electron chi connectivity index (χ3n) is 1.35. The van der Waals surface area contributed by atoms with Gasteiger partial charge in [0, 0.05) is 6.04 Å². The molecule has 0 saturated heterocycles. The number of esters is 1. The third kappa shape index (κ3) is 7.50. The number of ether oxygens (including phenoxy) is 1. The van der Waals surface area contributed by atoms with Gasteiger partial charge in [-0.15, -0.1) is 0 Å². The van der Waals surface area contributed by atoms with Gasteiger partial charge in [-0.2, -0.15) is 0 Å². The van der Waals surface area contributed by atoms with Crippen molar-refractivity contribution in [1.29, 1.82) is 0 Å². The van der Waals surface area contributed by atoms with Gasteiger partial charge in [0.1, 0.15) is 0 Å². The van der Waals surface area contributed by atoms with Crippen LogP contribution in [0.25, 0.3) is 0 Å². The quantitative estimate of drug-likeness (QED) is 0.435. The fraction of sp³-hybridized carbons (Fsp3) is 0.875. The fourth-order valence-corrected chi connectivity index (χ4v) is 0.732. The van der Waals surface area contributed by atoms with Gasteiger partial charge in [-0.1, -0.05) is 0 Å². The lowest BCUT2D eigenvalue weighted by Gasteiger charge is -2.06. The summed E-state index contributed by atoms with van der Waals surface area (Å²) >= 11 is 0. The van der Waals surface area contributed by atoms with Crippen molar-refractivity contribution in [2.24, 2.45) is 5.73 Å². The van der Waals surface area contributed by atoms with Gasteiger partial charge in [-0.05, 0) is 26.8 Å². The van der Waals surface area contributed by atoms with Gasteiger partial charge >= 0.3 is 5.97 Å². The van der Waals surface area contributed by atoms with E-state index in [0.717, 1.165) is 13.0 Å². The van der Waals surface area contributed by atoms with Gasteiger partial charge in [0.05, 0.1) is 13.2 Å². The molecule has 0 aromatic rings. The van der Waals surface area contributed by atoms with Crippen molar-refractivity contribution in [2.45, 2.75) is 26.3 Å². The Morgan fingerprint density at radius 1 is 1.67 bits per heavy atom. The number of hydrogen-bond acceptors (Lipinski definition) is 4. The second-order valence-corrected chi connectivity index (χ2v) is 2.75. The SMILES string of the molecule is CCOC(=O)CNCCC(C)N. The molecule has 0 rings (SSSR count). The summed E-state index contributed by atoms with van der Waals surface area (Å²) in [4.78, 5) is 10.8. The van der Waals surface area contributed by atoms with Gasteiger partial charge in [0.25, 0.3) is 0 Å². The molecule has 0 aliphatic rings. The average Bonchev–Trinajstić information content (AvgIpc) is 1.98. The molecule has 0 aromatic heterocycles. The summed E-state index contributed by atoms with van der Waals surface area (Å²) in [5.74, 6) is -0.206. The summed E-state index contributed by atoms with van der Waals surface area (Å²) in [6.07, 6.45) is 0.874. The van der Waals surface area contributed by atoms with Crippen LogP contribution < -0.4 is 11.1 Å². The second-order valence-electron chi connectivity index (χ2n) is 2.75. The number of rotatable bonds is 6. The maximum atomic E-state index is 10.8. The smallest absolute Gasteiger partial charge is 0.319 e. The van der Waals surface area contributed by atoms with Gasteiger partial charge in [0.2, 0.25) is 0 Å². The van der Waals surface area contributed by atoms with Crippen LogP contribution in [0.4, 0.5) is 0 Å². The molecule has 0 aliphatic heterocycles. The molecule has 0 aromatic carbocycles. The zero-order chi connectivity index (χ0) is 9.40. The molecule has 4 nitrogen and oxygen atoms in total. The highest BCUT2D eigenvalue weighted by atomic mass is 16.5. The minimum absolute atomic E-state index is 0.180. The first kappa shape index (κ1) is 11.4. The van der Waals surface area contributed by atoms with E-state index in [9.17, 15) is 4.79 Å². The zero-order valence-corrected chi connectivity index (χ0v) is 7.80. The molecule has 12 heavy (non-hydrogen) atoms. The van der Waals surface area contributed by atoms with Crippen molar-refractivity contribution in [2.75, 3.05) is 19.7 Å². The molecule has 0 saturated carbocycles. The highest BCUT2D eigenvalue weighted by Gasteiger charge is 1.99. The predicted octanol–water partition coefficient (Wildman–Crippen LogP) is -0.124. The lowest BCUT2D eigenvalue weighted by molar-refractivity contribution is -0.141. The van der Waals surface area contributed by atoms with E-state index in [1.165, 1.54) is 0 Å². The number of nitrogens with two attached hydrogens (primary N) is 1. The highest BCUT2D eigenvalue weighted by Crippen LogP contribution is 1.82. The Kier molecular flexibility index (Phi) is 6.70. The molecule has 0 amide bonds. The van der Waals surface area contributed by atoms with Crippen LogP contribution in [0.15, 0.2) is 0 Å². The number of carbonyl (C=O) groups excluding carboxylic acids is 1. The molecular weight excluding hydrogens is 156 g/mol. The second kappa shape index (κ2) is 7.06. The van der Waals surface area contributed by atoms with Crippen LogP contribution in [-0.2, 0) is 9.53 Å². The molecule has 1 atom stereocenters. The lowest BCUT2D eigenvalue weighted by atomic mass is 10.2. The first-order valence-electron chi connectivity index (χ1n) is 4.28. The molecule has 1 unspecified atom stereocenters. The first-order chi connectivity index (χ1) is 5.66. The Morgan fingerprint density at radius 2 is 2.33 bits per heavy atom. The van der Waals surface area contributed by atoms with Crippen LogP contribution in [0.2, 0.25) is 0 Å². The van der Waals surface area contributed by atoms with E-state index in [-0.39, 0.29) is 18.6 Å². The van der Waals surface area contributed by atoms with E-state index in [4.69, 9.17) is 10.5 Å². The van der Waals surface area contributed by atoms with Crippen molar-refractivity contribution in [3.63, 3.8) is 0 Å². The Morgan fingerprint density at radius 3 is 2.83 bits per heavy atom. The van der Waals surface area contributed by atoms with Crippen molar-refractivity contribution in [3.05, 3.63) is 0 Å². The van der Waals surface area contributed by atoms with E-state index in [2.05, 4.69) is 5.32 Å². The molecule has 3 N–H and O–H groups in total. The van der Waals surface area contributed by atoms with Crippen LogP contribution in [0.5, 0.6) is 0 Å². The molecule has 0 bridgehead atoms. The lowest BCUT2D eigenvalue weighted by Crippen LogP contribution is -2.29. The van der Waals surface area contributed by atoms with Crippen molar-refractivity contribution < 1.29 is 9.53 Å². The number of hydrogen-bond donors (Lipinski definition) is 2. The zero-order valence-electron chi connectivity index (χ0n) is 7.80. The Balaban J connectivity index is 3.14. The molecule has 0 aliphatic carbocycles. The minimum Gasteiger partial charge on any atom is -0.465 e. The predicted molar refractivity (Wildman–Crippen MR) is 47.8 cm³/mol. The average molecular weight is 174 g/mol. The van der Waals surface area contributed by atoms with E-state index in [1.54, 1.807) is 6.92 Å². The van der Waals surface area contributed by atoms with E-state index in [0.29, 0.717) is 6.61 Å². The largest absolute Gasteiger partial charge is 0.465 e. The highest BCUT2D eigenvalue weighted by molar-refractivity contribution is 5.71. The van der Waals surface area contributed by atoms with E-state index in [1.807, 2.05) is 6.92 Å². The summed E-state index contributed by atoms with van der Waals surface area (Å²) in [5, 5.41) is 2.95. The summed E-state index contributed by atoms with van der Waals surface area (Å²) in [5.41, 5.74) is 5.51. The van der Waals surface area contributed by atoms with Crippen LogP contribution in [-0.4, -0.2) is 31.7 Å². The van der Waals surface area contributed by atoms with E-state index >= 15 is 0 Å². The molecule has 0 fully saturated rings. The molecule has 72 valence electrons. The van der Waals surface area contributed by atoms with Gasteiger partial charge in [0.15, 0.2) is 0 Å². The topological polar surface area (TPSA) is 64.3 Å². The fourth-order valence-electron chi connectivity index (χ4n) is 0.732. The Labute approximate surface area is 73.5 Å². The van der Waals surface area contributed by atoms with Crippen molar-refractivity contribution in [1.82, 2.24) is 5.32 Å². The first-order valence-corrected chi connectivity index (χ1v) is 4.28. The monoisotopic (exact) mass is 174 g/mol. The summed E-state index contributed by atoms with van der Waals surface area (Å²) in [6.45, 7) is 5.21. The maximum absolute atomic E-state index is 10.8. The molecule has 0 spiro atoms. The Hall–Kier alpha value is -0.610. The standard InChI is InChI=1S/C8H18N2O2/c1-3-12-8(11)6-10-5-4-7(2)9/h7,10H,3-6,9H2,1-2H3. The maximum Gasteiger partial charge on any atom is 0.319 e. The molecular formula is C8H18N2O2. The normalized spacial score (nSPS) is 12.6. The van der Waals surface area contributed by atoms with E-state index < -0.39 is 0 Å². The van der Waals surface area contributed by atoms with Crippen LogP contribution in [0, 0.1) is 0 Å². The Bertz CT molecular complexity index is 126. The summed E-state index contributed by atoms with van der Waals surface area (Å²) < 4.78 is 4.72. The molecule has 0 radical (unpaired) electrons. The number of nitrogens with one attached hydrogen (secondary N) is 1.